The van der Waals surface area contributed by atoms with E-state index in [2.05, 4.69) is 0 Å². The molecule has 0 aromatic carbocycles. The highest BCUT2D eigenvalue weighted by Crippen LogP contribution is 2.23. The van der Waals surface area contributed by atoms with Gasteiger partial charge in [0, 0.05) is 31.3 Å². The minimum absolute atomic E-state index is 0.189. The van der Waals surface area contributed by atoms with Gasteiger partial charge in [-0.25, -0.2) is 4.79 Å². The summed E-state index contributed by atoms with van der Waals surface area (Å²) in [5.41, 5.74) is -1.89. The van der Waals surface area contributed by atoms with E-state index < -0.39 is 28.6 Å². The van der Waals surface area contributed by atoms with Crippen LogP contribution in [0.5, 0.6) is 5.75 Å². The Morgan fingerprint density at radius 2 is 2.15 bits per heavy atom. The van der Waals surface area contributed by atoms with Crippen LogP contribution in [0.15, 0.2) is 28.5 Å². The van der Waals surface area contributed by atoms with Crippen LogP contribution >= 0.6 is 11.3 Å². The highest BCUT2D eigenvalue weighted by Gasteiger charge is 2.34. The Hall–Kier alpha value is -2.85. The summed E-state index contributed by atoms with van der Waals surface area (Å²) in [7, 11) is 1.56. The van der Waals surface area contributed by atoms with Gasteiger partial charge < -0.3 is 19.8 Å². The van der Waals surface area contributed by atoms with E-state index in [1.165, 1.54) is 20.9 Å². The summed E-state index contributed by atoms with van der Waals surface area (Å²) in [5, 5.41) is 23.1. The molecular weight excluding hydrogens is 374 g/mol. The van der Waals surface area contributed by atoms with Crippen LogP contribution in [0, 0.1) is 0 Å². The zero-order valence-corrected chi connectivity index (χ0v) is 15.4. The van der Waals surface area contributed by atoms with Crippen LogP contribution < -0.4 is 10.4 Å². The first-order chi connectivity index (χ1) is 12.9. The summed E-state index contributed by atoms with van der Waals surface area (Å²) < 4.78 is 6.29. The van der Waals surface area contributed by atoms with Crippen molar-refractivity contribution in [2.24, 2.45) is 0 Å². The Kier molecular flexibility index (Phi) is 5.47. The normalized spacial score (nSPS) is 13.7. The summed E-state index contributed by atoms with van der Waals surface area (Å²) in [6, 6.07) is 3.80. The number of thiophene rings is 1. The molecule has 9 nitrogen and oxygen atoms in total. The number of carboxylic acids is 1. The Morgan fingerprint density at radius 1 is 1.37 bits per heavy atom. The lowest BCUT2D eigenvalue weighted by molar-refractivity contribution is 0.0650. The van der Waals surface area contributed by atoms with Gasteiger partial charge in [-0.3, -0.25) is 19.3 Å². The Labute approximate surface area is 158 Å². The number of ether oxygens (including phenoxy) is 1. The first-order valence-electron chi connectivity index (χ1n) is 8.21. The molecule has 0 saturated carbocycles. The first-order valence-corrected chi connectivity index (χ1v) is 9.09. The van der Waals surface area contributed by atoms with Crippen LogP contribution in [0.4, 0.5) is 0 Å². The Morgan fingerprint density at radius 3 is 2.78 bits per heavy atom. The maximum absolute atomic E-state index is 12.8. The van der Waals surface area contributed by atoms with Crippen LogP contribution in [-0.2, 0) is 11.3 Å². The number of methoxy groups -OCH3 is 1. The number of fused-ring (bicyclic) bond motifs is 1. The quantitative estimate of drug-likeness (QED) is 0.672. The second-order valence-electron chi connectivity index (χ2n) is 6.02. The molecule has 144 valence electrons. The number of amides is 1. The van der Waals surface area contributed by atoms with Gasteiger partial charge in [0.2, 0.25) is 5.43 Å². The van der Waals surface area contributed by atoms with E-state index in [9.17, 15) is 24.6 Å². The SMILES string of the molecule is COCCCN1CN(Cc2cccs2)n2cc(C(=O)O)c(=O)c(O)c2C1=O. The number of carbonyl (C=O) groups is 2. The second-order valence-corrected chi connectivity index (χ2v) is 7.05. The standard InChI is InChI=1S/C17H19N3O6S/c1-26-6-3-5-18-10-19(8-11-4-2-7-27-11)20-9-12(17(24)25)14(21)15(22)13(20)16(18)23/h2,4,7,9,22H,3,5-6,8,10H2,1H3,(H,24,25). The molecule has 1 amide bonds. The van der Waals surface area contributed by atoms with E-state index in [0.29, 0.717) is 26.1 Å². The fraction of sp³-hybridized carbons (Fsp3) is 0.353. The third kappa shape index (κ3) is 3.67. The topological polar surface area (TPSA) is 112 Å². The molecule has 10 heteroatoms. The van der Waals surface area contributed by atoms with Crippen molar-refractivity contribution in [1.82, 2.24) is 9.58 Å². The third-order valence-corrected chi connectivity index (χ3v) is 5.08. The lowest BCUT2D eigenvalue weighted by atomic mass is 10.2. The number of carboxylic acid groups (broad SMARTS) is 1. The smallest absolute Gasteiger partial charge is 0.341 e. The number of aromatic carboxylic acids is 1. The molecule has 1 aliphatic heterocycles. The summed E-state index contributed by atoms with van der Waals surface area (Å²) in [4.78, 5) is 38.8. The van der Waals surface area contributed by atoms with Gasteiger partial charge in [0.25, 0.3) is 5.91 Å². The van der Waals surface area contributed by atoms with Crippen LogP contribution in [0.2, 0.25) is 0 Å². The molecule has 3 rings (SSSR count). The highest BCUT2D eigenvalue weighted by atomic mass is 32.1. The van der Waals surface area contributed by atoms with E-state index in [4.69, 9.17) is 4.74 Å². The molecule has 0 unspecified atom stereocenters. The molecule has 1 aliphatic rings. The minimum Gasteiger partial charge on any atom is -0.502 e. The molecule has 2 aromatic rings. The van der Waals surface area contributed by atoms with Crippen molar-refractivity contribution >= 4 is 23.2 Å². The maximum atomic E-state index is 12.8. The molecule has 2 aromatic heterocycles. The molecule has 3 heterocycles. The molecule has 0 fully saturated rings. The van der Waals surface area contributed by atoms with Gasteiger partial charge in [0.15, 0.2) is 11.4 Å². The van der Waals surface area contributed by atoms with Crippen molar-refractivity contribution in [3.05, 3.63) is 50.1 Å². The predicted molar refractivity (Wildman–Crippen MR) is 98.0 cm³/mol. The molecule has 0 saturated heterocycles. The molecule has 0 bridgehead atoms. The first kappa shape index (κ1) is 18.9. The van der Waals surface area contributed by atoms with Crippen molar-refractivity contribution in [3.8, 4) is 5.75 Å². The monoisotopic (exact) mass is 393 g/mol. The van der Waals surface area contributed by atoms with Gasteiger partial charge in [0.05, 0.1) is 6.54 Å². The van der Waals surface area contributed by atoms with Gasteiger partial charge in [0.1, 0.15) is 12.2 Å². The molecule has 2 N–H and O–H groups in total. The Balaban J connectivity index is 2.06. The van der Waals surface area contributed by atoms with Gasteiger partial charge in [-0.1, -0.05) is 6.07 Å². The number of aromatic hydroxyl groups is 1. The third-order valence-electron chi connectivity index (χ3n) is 4.22. The van der Waals surface area contributed by atoms with E-state index >= 15 is 0 Å². The molecule has 0 atom stereocenters. The Bertz CT molecular complexity index is 908. The van der Waals surface area contributed by atoms with E-state index in [-0.39, 0.29) is 12.4 Å². The van der Waals surface area contributed by atoms with Crippen molar-refractivity contribution < 1.29 is 24.5 Å². The number of pyridine rings is 1. The van der Waals surface area contributed by atoms with Crippen LogP contribution in [-0.4, -0.2) is 58.6 Å². The zero-order chi connectivity index (χ0) is 19.6. The summed E-state index contributed by atoms with van der Waals surface area (Å²) in [5.74, 6) is -2.84. The fourth-order valence-corrected chi connectivity index (χ4v) is 3.64. The zero-order valence-electron chi connectivity index (χ0n) is 14.6. The highest BCUT2D eigenvalue weighted by molar-refractivity contribution is 7.09. The maximum Gasteiger partial charge on any atom is 0.341 e. The molecular formula is C17H19N3O6S. The predicted octanol–water partition coefficient (Wildman–Crippen LogP) is 0.902. The lowest BCUT2D eigenvalue weighted by Crippen LogP contribution is -2.54. The fourth-order valence-electron chi connectivity index (χ4n) is 2.92. The number of rotatable bonds is 7. The van der Waals surface area contributed by atoms with Gasteiger partial charge in [-0.05, 0) is 17.9 Å². The average Bonchev–Trinajstić information content (AvgIpc) is 3.14. The average molecular weight is 393 g/mol. The number of aromatic nitrogens is 1. The minimum atomic E-state index is -1.46. The largest absolute Gasteiger partial charge is 0.502 e. The van der Waals surface area contributed by atoms with Crippen molar-refractivity contribution in [2.45, 2.75) is 13.0 Å². The van der Waals surface area contributed by atoms with Crippen molar-refractivity contribution in [3.63, 3.8) is 0 Å². The van der Waals surface area contributed by atoms with Gasteiger partial charge in [-0.2, -0.15) is 0 Å². The van der Waals surface area contributed by atoms with Gasteiger partial charge in [-0.15, -0.1) is 11.3 Å². The number of nitrogens with zero attached hydrogens (tertiary/aromatic N) is 3. The second kappa shape index (κ2) is 7.80. The summed E-state index contributed by atoms with van der Waals surface area (Å²) in [6.45, 7) is 1.42. The summed E-state index contributed by atoms with van der Waals surface area (Å²) in [6.07, 6.45) is 1.69. The number of hydrogen-bond acceptors (Lipinski definition) is 7. The van der Waals surface area contributed by atoms with Crippen molar-refractivity contribution in [1.29, 1.82) is 0 Å². The van der Waals surface area contributed by atoms with E-state index in [1.807, 2.05) is 17.5 Å². The van der Waals surface area contributed by atoms with Crippen LogP contribution in [0.25, 0.3) is 0 Å². The number of carbonyl (C=O) groups excluding carboxylic acids is 1. The molecule has 0 spiro atoms. The molecule has 0 aliphatic carbocycles. The molecule has 27 heavy (non-hydrogen) atoms. The summed E-state index contributed by atoms with van der Waals surface area (Å²) >= 11 is 1.51. The van der Waals surface area contributed by atoms with Crippen molar-refractivity contribution in [2.75, 3.05) is 31.9 Å². The van der Waals surface area contributed by atoms with E-state index in [0.717, 1.165) is 11.1 Å². The van der Waals surface area contributed by atoms with Crippen LogP contribution in [0.3, 0.4) is 0 Å². The van der Waals surface area contributed by atoms with E-state index in [1.54, 1.807) is 12.1 Å². The number of hydrogen-bond donors (Lipinski definition) is 2. The van der Waals surface area contributed by atoms with Gasteiger partial charge >= 0.3 is 5.97 Å². The van der Waals surface area contributed by atoms with Crippen LogP contribution in [0.1, 0.15) is 32.1 Å². The molecule has 0 radical (unpaired) electrons. The lowest BCUT2D eigenvalue weighted by Gasteiger charge is -2.39.